The van der Waals surface area contributed by atoms with E-state index in [0.717, 1.165) is 30.4 Å². The Bertz CT molecular complexity index is 592. The van der Waals surface area contributed by atoms with Crippen molar-refractivity contribution in [1.29, 1.82) is 0 Å². The van der Waals surface area contributed by atoms with Gasteiger partial charge in [-0.1, -0.05) is 13.0 Å². The summed E-state index contributed by atoms with van der Waals surface area (Å²) in [6.45, 7) is 5.46. The summed E-state index contributed by atoms with van der Waals surface area (Å²) in [6.07, 6.45) is 7.38. The molecule has 2 heterocycles. The second-order valence-corrected chi connectivity index (χ2v) is 6.42. The number of imidazole rings is 1. The summed E-state index contributed by atoms with van der Waals surface area (Å²) in [6, 6.07) is 7.82. The van der Waals surface area contributed by atoms with Crippen molar-refractivity contribution in [2.75, 3.05) is 26.2 Å². The molecule has 0 saturated carbocycles. The third kappa shape index (κ3) is 4.56. The first kappa shape index (κ1) is 16.0. The molecule has 1 atom stereocenters. The zero-order chi connectivity index (χ0) is 16.1. The quantitative estimate of drug-likeness (QED) is 0.889. The number of aliphatic hydroxyl groups excluding tert-OH is 1. The number of aromatic nitrogens is 2. The highest BCUT2D eigenvalue weighted by Gasteiger charge is 2.18. The van der Waals surface area contributed by atoms with Crippen molar-refractivity contribution >= 4 is 0 Å². The summed E-state index contributed by atoms with van der Waals surface area (Å²) in [7, 11) is 0. The van der Waals surface area contributed by atoms with E-state index in [2.05, 4.69) is 16.8 Å². The number of likely N-dealkylation sites (tertiary alicyclic amines) is 1. The van der Waals surface area contributed by atoms with E-state index in [9.17, 15) is 5.11 Å². The molecule has 0 amide bonds. The predicted molar refractivity (Wildman–Crippen MR) is 89.9 cm³/mol. The van der Waals surface area contributed by atoms with Crippen LogP contribution in [0.15, 0.2) is 43.0 Å². The third-order valence-corrected chi connectivity index (χ3v) is 4.41. The maximum Gasteiger partial charge on any atom is 0.121 e. The monoisotopic (exact) mass is 315 g/mol. The highest BCUT2D eigenvalue weighted by Crippen LogP contribution is 2.18. The number of β-amino-alcohol motifs (C(OH)–C–C–N with tert-alkyl or cyclic N) is 1. The van der Waals surface area contributed by atoms with Crippen LogP contribution >= 0.6 is 0 Å². The van der Waals surface area contributed by atoms with E-state index < -0.39 is 6.10 Å². The Kier molecular flexibility index (Phi) is 5.31. The Hall–Kier alpha value is -1.85. The molecule has 2 aromatic rings. The maximum atomic E-state index is 10.2. The number of hydrogen-bond acceptors (Lipinski definition) is 4. The predicted octanol–water partition coefficient (Wildman–Crippen LogP) is 2.34. The van der Waals surface area contributed by atoms with Crippen molar-refractivity contribution in [2.24, 2.45) is 5.92 Å². The highest BCUT2D eigenvalue weighted by atomic mass is 16.5. The van der Waals surface area contributed by atoms with Crippen molar-refractivity contribution < 1.29 is 9.84 Å². The molecule has 0 bridgehead atoms. The van der Waals surface area contributed by atoms with Crippen LogP contribution in [0.25, 0.3) is 5.69 Å². The fourth-order valence-electron chi connectivity index (χ4n) is 2.93. The summed E-state index contributed by atoms with van der Waals surface area (Å²) in [5.74, 6) is 1.58. The van der Waals surface area contributed by atoms with Crippen molar-refractivity contribution in [3.8, 4) is 11.4 Å². The van der Waals surface area contributed by atoms with Crippen molar-refractivity contribution in [3.63, 3.8) is 0 Å². The average Bonchev–Trinajstić information content (AvgIpc) is 3.10. The standard InChI is InChI=1S/C18H25N3O2/c1-15-5-8-20(9-6-15)12-17(22)13-23-18-4-2-3-16(11-18)21-10-7-19-14-21/h2-4,7,10-11,14-15,17,22H,5-6,8-9,12-13H2,1H3/t17-/m0/s1. The van der Waals surface area contributed by atoms with Crippen molar-refractivity contribution in [2.45, 2.75) is 25.9 Å². The molecule has 0 aliphatic carbocycles. The minimum atomic E-state index is -0.458. The van der Waals surface area contributed by atoms with Crippen LogP contribution in [0, 0.1) is 5.92 Å². The maximum absolute atomic E-state index is 10.2. The smallest absolute Gasteiger partial charge is 0.121 e. The van der Waals surface area contributed by atoms with Crippen molar-refractivity contribution in [3.05, 3.63) is 43.0 Å². The van der Waals surface area contributed by atoms with Crippen molar-refractivity contribution in [1.82, 2.24) is 14.5 Å². The molecule has 1 aliphatic rings. The van der Waals surface area contributed by atoms with Gasteiger partial charge in [0.05, 0.1) is 12.0 Å². The molecule has 1 fully saturated rings. The van der Waals surface area contributed by atoms with Gasteiger partial charge in [-0.3, -0.25) is 0 Å². The van der Waals surface area contributed by atoms with Crippen LogP contribution in [0.5, 0.6) is 5.75 Å². The van der Waals surface area contributed by atoms with Crippen LogP contribution in [0.3, 0.4) is 0 Å². The fraction of sp³-hybridized carbons (Fsp3) is 0.500. The van der Waals surface area contributed by atoms with Gasteiger partial charge in [0.15, 0.2) is 0 Å². The lowest BCUT2D eigenvalue weighted by Crippen LogP contribution is -2.40. The molecule has 5 nitrogen and oxygen atoms in total. The molecule has 5 heteroatoms. The van der Waals surface area contributed by atoms with Gasteiger partial charge >= 0.3 is 0 Å². The summed E-state index contributed by atoms with van der Waals surface area (Å²) in [5.41, 5.74) is 1.000. The van der Waals surface area contributed by atoms with E-state index in [0.29, 0.717) is 13.2 Å². The molecule has 0 radical (unpaired) electrons. The number of piperidine rings is 1. The van der Waals surface area contributed by atoms with Gasteiger partial charge in [0.1, 0.15) is 18.5 Å². The van der Waals surface area contributed by atoms with E-state index in [4.69, 9.17) is 4.74 Å². The number of nitrogens with zero attached hydrogens (tertiary/aromatic N) is 3. The highest BCUT2D eigenvalue weighted by molar-refractivity contribution is 5.39. The Morgan fingerprint density at radius 3 is 2.91 bits per heavy atom. The molecule has 3 rings (SSSR count). The molecule has 0 spiro atoms. The third-order valence-electron chi connectivity index (χ3n) is 4.41. The van der Waals surface area contributed by atoms with Gasteiger partial charge < -0.3 is 19.3 Å². The zero-order valence-electron chi connectivity index (χ0n) is 13.6. The Balaban J connectivity index is 1.49. The molecule has 0 unspecified atom stereocenters. The number of benzene rings is 1. The van der Waals surface area contributed by atoms with Crippen LogP contribution in [0.4, 0.5) is 0 Å². The van der Waals surface area contributed by atoms with E-state index in [1.54, 1.807) is 12.5 Å². The fourth-order valence-corrected chi connectivity index (χ4v) is 2.93. The summed E-state index contributed by atoms with van der Waals surface area (Å²) in [4.78, 5) is 6.38. The van der Waals surface area contributed by atoms with Gasteiger partial charge in [0, 0.05) is 25.0 Å². The van der Waals surface area contributed by atoms with E-state index >= 15 is 0 Å². The lowest BCUT2D eigenvalue weighted by Gasteiger charge is -2.31. The molecule has 23 heavy (non-hydrogen) atoms. The second kappa shape index (κ2) is 7.62. The number of rotatable bonds is 6. The van der Waals surface area contributed by atoms with E-state index in [-0.39, 0.29) is 0 Å². The van der Waals surface area contributed by atoms with Gasteiger partial charge in [-0.2, -0.15) is 0 Å². The number of ether oxygens (including phenoxy) is 1. The summed E-state index contributed by atoms with van der Waals surface area (Å²) in [5, 5.41) is 10.2. The number of aliphatic hydroxyl groups is 1. The lowest BCUT2D eigenvalue weighted by molar-refractivity contribution is 0.0563. The van der Waals surface area contributed by atoms with Gasteiger partial charge in [-0.05, 0) is 44.0 Å². The molecule has 1 N–H and O–H groups in total. The molecule has 1 aromatic carbocycles. The van der Waals surface area contributed by atoms with Crippen LogP contribution in [0.1, 0.15) is 19.8 Å². The van der Waals surface area contributed by atoms with Gasteiger partial charge in [0.2, 0.25) is 0 Å². The van der Waals surface area contributed by atoms with Crippen LogP contribution in [-0.4, -0.2) is 51.9 Å². The van der Waals surface area contributed by atoms with Crippen LogP contribution in [0.2, 0.25) is 0 Å². The normalized spacial score (nSPS) is 18.0. The second-order valence-electron chi connectivity index (χ2n) is 6.42. The molecular formula is C18H25N3O2. The van der Waals surface area contributed by atoms with E-state index in [1.165, 1.54) is 12.8 Å². The van der Waals surface area contributed by atoms with Crippen LogP contribution < -0.4 is 4.74 Å². The van der Waals surface area contributed by atoms with Gasteiger partial charge in [-0.15, -0.1) is 0 Å². The first-order valence-corrected chi connectivity index (χ1v) is 8.32. The molecule has 1 aromatic heterocycles. The topological polar surface area (TPSA) is 50.5 Å². The zero-order valence-corrected chi connectivity index (χ0v) is 13.6. The minimum absolute atomic E-state index is 0.319. The molecular weight excluding hydrogens is 290 g/mol. The summed E-state index contributed by atoms with van der Waals surface area (Å²) >= 11 is 0. The minimum Gasteiger partial charge on any atom is -0.491 e. The van der Waals surface area contributed by atoms with Gasteiger partial charge in [-0.25, -0.2) is 4.98 Å². The Labute approximate surface area is 137 Å². The van der Waals surface area contributed by atoms with E-state index in [1.807, 2.05) is 35.0 Å². The SMILES string of the molecule is CC1CCN(C[C@H](O)COc2cccc(-n3ccnc3)c2)CC1. The molecule has 1 saturated heterocycles. The summed E-state index contributed by atoms with van der Waals surface area (Å²) < 4.78 is 7.69. The van der Waals surface area contributed by atoms with Crippen LogP contribution in [-0.2, 0) is 0 Å². The Morgan fingerprint density at radius 2 is 2.17 bits per heavy atom. The number of hydrogen-bond donors (Lipinski definition) is 1. The van der Waals surface area contributed by atoms with Gasteiger partial charge in [0.25, 0.3) is 0 Å². The largest absolute Gasteiger partial charge is 0.491 e. The molecule has 1 aliphatic heterocycles. The Morgan fingerprint density at radius 1 is 1.35 bits per heavy atom. The first-order valence-electron chi connectivity index (χ1n) is 8.32. The molecule has 124 valence electrons. The first-order chi connectivity index (χ1) is 11.2. The average molecular weight is 315 g/mol. The lowest BCUT2D eigenvalue weighted by atomic mass is 9.99.